The molecule has 0 fully saturated rings. The van der Waals surface area contributed by atoms with Crippen LogP contribution in [0.2, 0.25) is 0 Å². The molecule has 0 unspecified atom stereocenters. The molecule has 3 aromatic heterocycles. The largest absolute Gasteiger partial charge is 0.391 e. The van der Waals surface area contributed by atoms with E-state index < -0.39 is 10.0 Å². The third-order valence-corrected chi connectivity index (χ3v) is 6.76. The number of anilines is 1. The summed E-state index contributed by atoms with van der Waals surface area (Å²) in [5.41, 5.74) is 2.45. The van der Waals surface area contributed by atoms with E-state index in [4.69, 9.17) is 4.84 Å². The Morgan fingerprint density at radius 3 is 2.90 bits per heavy atom. The van der Waals surface area contributed by atoms with Crippen LogP contribution in [0.15, 0.2) is 42.3 Å². The van der Waals surface area contributed by atoms with Gasteiger partial charge in [-0.15, -0.1) is 21.5 Å². The highest BCUT2D eigenvalue weighted by Crippen LogP contribution is 2.34. The van der Waals surface area contributed by atoms with E-state index in [0.717, 1.165) is 27.4 Å². The van der Waals surface area contributed by atoms with Gasteiger partial charge in [0.2, 0.25) is 10.0 Å². The molecule has 0 saturated carbocycles. The first-order valence-corrected chi connectivity index (χ1v) is 12.0. The summed E-state index contributed by atoms with van der Waals surface area (Å²) in [4.78, 5) is 19.3. The van der Waals surface area contributed by atoms with Crippen molar-refractivity contribution in [2.75, 3.05) is 23.7 Å². The average molecular weight is 458 g/mol. The summed E-state index contributed by atoms with van der Waals surface area (Å²) < 4.78 is 25.6. The van der Waals surface area contributed by atoms with Gasteiger partial charge in [0.25, 0.3) is 0 Å². The van der Waals surface area contributed by atoms with Crippen LogP contribution >= 0.6 is 11.3 Å². The molecule has 3 aromatic rings. The summed E-state index contributed by atoms with van der Waals surface area (Å²) in [6.07, 6.45) is 6.46. The number of hydrogen-bond acceptors (Lipinski definition) is 10. The summed E-state index contributed by atoms with van der Waals surface area (Å²) in [5, 5.41) is 13.3. The van der Waals surface area contributed by atoms with Crippen LogP contribution in [0.25, 0.3) is 21.3 Å². The maximum Gasteiger partial charge on any atom is 0.233 e. The Morgan fingerprint density at radius 2 is 2.19 bits per heavy atom. The van der Waals surface area contributed by atoms with E-state index in [1.54, 1.807) is 18.5 Å². The lowest BCUT2D eigenvalue weighted by molar-refractivity contribution is 0.174. The lowest BCUT2D eigenvalue weighted by Crippen LogP contribution is -2.38. The molecule has 160 valence electrons. The molecule has 0 bridgehead atoms. The van der Waals surface area contributed by atoms with Crippen molar-refractivity contribution < 1.29 is 13.3 Å². The number of oxime groups is 1. The van der Waals surface area contributed by atoms with Crippen LogP contribution in [0.5, 0.6) is 0 Å². The van der Waals surface area contributed by atoms with Gasteiger partial charge in [-0.05, 0) is 19.1 Å². The summed E-state index contributed by atoms with van der Waals surface area (Å²) >= 11 is 1.41. The number of rotatable bonds is 6. The maximum atomic E-state index is 12.2. The number of thiazole rings is 1. The smallest absolute Gasteiger partial charge is 0.233 e. The van der Waals surface area contributed by atoms with Crippen LogP contribution in [-0.2, 0) is 14.9 Å². The van der Waals surface area contributed by atoms with Gasteiger partial charge in [0, 0.05) is 30.9 Å². The topological polar surface area (TPSA) is 123 Å². The highest BCUT2D eigenvalue weighted by molar-refractivity contribution is 7.92. The minimum absolute atomic E-state index is 0.133. The summed E-state index contributed by atoms with van der Waals surface area (Å²) in [5.74, 6) is 0.476. The average Bonchev–Trinajstić information content (AvgIpc) is 3.15. The molecule has 31 heavy (non-hydrogen) atoms. The fourth-order valence-corrected chi connectivity index (χ4v) is 4.85. The zero-order valence-electron chi connectivity index (χ0n) is 16.9. The number of aromatic nitrogens is 5. The highest BCUT2D eigenvalue weighted by atomic mass is 32.2. The molecule has 4 rings (SSSR count). The minimum atomic E-state index is -3.54. The monoisotopic (exact) mass is 457 g/mol. The van der Waals surface area contributed by atoms with E-state index in [1.807, 2.05) is 19.1 Å². The fourth-order valence-electron chi connectivity index (χ4n) is 3.01. The van der Waals surface area contributed by atoms with Crippen LogP contribution in [0.3, 0.4) is 0 Å². The van der Waals surface area contributed by atoms with Crippen LogP contribution in [0.1, 0.15) is 17.8 Å². The first kappa shape index (κ1) is 21.0. The zero-order chi connectivity index (χ0) is 22.0. The lowest BCUT2D eigenvalue weighted by Gasteiger charge is -2.27. The Balaban J connectivity index is 1.80. The molecule has 0 N–H and O–H groups in total. The van der Waals surface area contributed by atoms with Gasteiger partial charge >= 0.3 is 0 Å². The van der Waals surface area contributed by atoms with Crippen LogP contribution < -0.4 is 4.31 Å². The Labute approximate surface area is 183 Å². The first-order chi connectivity index (χ1) is 14.9. The first-order valence-electron chi connectivity index (χ1n) is 9.29. The standard InChI is InChI=1S/C19H19N7O3S2/c1-4-10-29-25-14-7-9-26(31(3,27)28)18-15(14)22-17(23-24-18)16-12(2)21-19(30-16)13-6-5-8-20-11-13/h4-6,8,11H,1,7,9-10H2,2-3H3. The molecule has 0 atom stereocenters. The van der Waals surface area contributed by atoms with Gasteiger partial charge in [-0.25, -0.2) is 18.4 Å². The molecule has 0 amide bonds. The van der Waals surface area contributed by atoms with Crippen LogP contribution in [0, 0.1) is 6.92 Å². The van der Waals surface area contributed by atoms with E-state index in [-0.39, 0.29) is 19.0 Å². The molecule has 0 spiro atoms. The van der Waals surface area contributed by atoms with Gasteiger partial charge in [0.05, 0.1) is 16.8 Å². The van der Waals surface area contributed by atoms with E-state index in [9.17, 15) is 8.42 Å². The second kappa shape index (κ2) is 8.47. The Bertz CT molecular complexity index is 1260. The molecule has 1 aliphatic rings. The molecular weight excluding hydrogens is 438 g/mol. The molecule has 0 aromatic carbocycles. The molecule has 10 nitrogen and oxygen atoms in total. The third-order valence-electron chi connectivity index (χ3n) is 4.41. The molecular formula is C19H19N7O3S2. The third kappa shape index (κ3) is 4.30. The quantitative estimate of drug-likeness (QED) is 0.314. The molecule has 12 heteroatoms. The van der Waals surface area contributed by atoms with E-state index >= 15 is 0 Å². The van der Waals surface area contributed by atoms with Crippen LogP contribution in [-0.4, -0.2) is 58.7 Å². The van der Waals surface area contributed by atoms with Gasteiger partial charge in [0.15, 0.2) is 11.6 Å². The summed E-state index contributed by atoms with van der Waals surface area (Å²) in [6, 6.07) is 3.77. The maximum absolute atomic E-state index is 12.2. The van der Waals surface area contributed by atoms with Crippen molar-refractivity contribution in [1.29, 1.82) is 0 Å². The second-order valence-corrected chi connectivity index (χ2v) is 9.60. The number of pyridine rings is 1. The number of nitrogens with zero attached hydrogens (tertiary/aromatic N) is 7. The highest BCUT2D eigenvalue weighted by Gasteiger charge is 2.32. The Morgan fingerprint density at radius 1 is 1.35 bits per heavy atom. The van der Waals surface area contributed by atoms with Gasteiger partial charge in [-0.2, -0.15) is 0 Å². The normalized spacial score (nSPS) is 15.0. The Hall–Kier alpha value is -3.25. The van der Waals surface area contributed by atoms with Gasteiger partial charge in [0.1, 0.15) is 23.0 Å². The molecule has 0 radical (unpaired) electrons. The number of aryl methyl sites for hydroxylation is 1. The van der Waals surface area contributed by atoms with Crippen molar-refractivity contribution in [3.63, 3.8) is 0 Å². The molecule has 0 saturated heterocycles. The van der Waals surface area contributed by atoms with Crippen molar-refractivity contribution >= 4 is 32.9 Å². The number of sulfonamides is 1. The number of fused-ring (bicyclic) bond motifs is 1. The predicted molar refractivity (Wildman–Crippen MR) is 118 cm³/mol. The molecule has 1 aliphatic heterocycles. The SMILES string of the molecule is C=CCON=C1CCN(S(C)(=O)=O)c2nnc(-c3sc(-c4cccnc4)nc3C)nc21. The molecule has 4 heterocycles. The van der Waals surface area contributed by atoms with Crippen molar-refractivity contribution in [3.8, 4) is 21.3 Å². The molecule has 0 aliphatic carbocycles. The predicted octanol–water partition coefficient (Wildman–Crippen LogP) is 2.44. The number of hydrogen-bond donors (Lipinski definition) is 0. The summed E-state index contributed by atoms with van der Waals surface area (Å²) in [7, 11) is -3.54. The second-order valence-electron chi connectivity index (χ2n) is 6.69. The van der Waals surface area contributed by atoms with Crippen LogP contribution in [0.4, 0.5) is 5.82 Å². The van der Waals surface area contributed by atoms with Gasteiger partial charge in [-0.3, -0.25) is 9.29 Å². The van der Waals surface area contributed by atoms with Crippen molar-refractivity contribution in [2.45, 2.75) is 13.3 Å². The van der Waals surface area contributed by atoms with E-state index in [1.165, 1.54) is 15.6 Å². The van der Waals surface area contributed by atoms with Crippen molar-refractivity contribution in [1.82, 2.24) is 25.1 Å². The summed E-state index contributed by atoms with van der Waals surface area (Å²) in [6.45, 7) is 5.86. The van der Waals surface area contributed by atoms with Gasteiger partial charge < -0.3 is 4.84 Å². The zero-order valence-corrected chi connectivity index (χ0v) is 18.5. The van der Waals surface area contributed by atoms with Crippen molar-refractivity contribution in [3.05, 3.63) is 48.6 Å². The fraction of sp³-hybridized carbons (Fsp3) is 0.263. The lowest BCUT2D eigenvalue weighted by atomic mass is 10.1. The Kier molecular flexibility index (Phi) is 5.74. The van der Waals surface area contributed by atoms with E-state index in [0.29, 0.717) is 23.7 Å². The van der Waals surface area contributed by atoms with E-state index in [2.05, 4.69) is 36.9 Å². The van der Waals surface area contributed by atoms with Crippen molar-refractivity contribution in [2.24, 2.45) is 5.16 Å². The van der Waals surface area contributed by atoms with Gasteiger partial charge in [-0.1, -0.05) is 17.8 Å². The minimum Gasteiger partial charge on any atom is -0.391 e.